The van der Waals surface area contributed by atoms with Crippen LogP contribution in [-0.2, 0) is 9.59 Å². The number of para-hydroxylation sites is 2. The number of nitrogens with zero attached hydrogens (tertiary/aromatic N) is 2. The maximum Gasteiger partial charge on any atom is 0.268 e. The van der Waals surface area contributed by atoms with Gasteiger partial charge in [-0.2, -0.15) is 0 Å². The first-order valence-corrected chi connectivity index (χ1v) is 7.01. The second-order valence-electron chi connectivity index (χ2n) is 5.24. The Hall–Kier alpha value is -2.04. The third-order valence-electron chi connectivity index (χ3n) is 3.83. The van der Waals surface area contributed by atoms with Crippen LogP contribution in [0.4, 0.5) is 5.69 Å². The summed E-state index contributed by atoms with van der Waals surface area (Å²) in [5, 5.41) is 0. The number of hydrogen-bond donors (Lipinski definition) is 0. The highest BCUT2D eigenvalue weighted by molar-refractivity contribution is 6.03. The van der Waals surface area contributed by atoms with E-state index in [-0.39, 0.29) is 18.4 Å². The van der Waals surface area contributed by atoms with Gasteiger partial charge in [-0.15, -0.1) is 0 Å². The minimum absolute atomic E-state index is 0.0137. The Kier molecular flexibility index (Phi) is 3.34. The van der Waals surface area contributed by atoms with Crippen molar-refractivity contribution in [3.63, 3.8) is 0 Å². The number of benzene rings is 1. The van der Waals surface area contributed by atoms with Crippen LogP contribution in [0.3, 0.4) is 0 Å². The monoisotopic (exact) mass is 274 g/mol. The Balaban J connectivity index is 1.83. The SMILES string of the molecule is C[C@@H]1Oc2ccccc2N(CC(=O)N2CCCC2)C1=O. The summed E-state index contributed by atoms with van der Waals surface area (Å²) in [5.41, 5.74) is 0.683. The van der Waals surface area contributed by atoms with Gasteiger partial charge in [0.25, 0.3) is 5.91 Å². The van der Waals surface area contributed by atoms with E-state index in [1.54, 1.807) is 11.8 Å². The van der Waals surface area contributed by atoms with Gasteiger partial charge in [0.05, 0.1) is 5.69 Å². The normalized spacial score (nSPS) is 21.6. The second kappa shape index (κ2) is 5.15. The minimum atomic E-state index is -0.545. The molecular weight excluding hydrogens is 256 g/mol. The summed E-state index contributed by atoms with van der Waals surface area (Å²) in [7, 11) is 0. The van der Waals surface area contributed by atoms with Crippen LogP contribution in [0.15, 0.2) is 24.3 Å². The number of anilines is 1. The summed E-state index contributed by atoms with van der Waals surface area (Å²) >= 11 is 0. The van der Waals surface area contributed by atoms with Crippen LogP contribution < -0.4 is 9.64 Å². The lowest BCUT2D eigenvalue weighted by Gasteiger charge is -2.33. The number of rotatable bonds is 2. The van der Waals surface area contributed by atoms with Crippen LogP contribution in [-0.4, -0.2) is 42.5 Å². The average molecular weight is 274 g/mol. The zero-order valence-corrected chi connectivity index (χ0v) is 11.5. The van der Waals surface area contributed by atoms with E-state index in [1.165, 1.54) is 0 Å². The molecule has 1 saturated heterocycles. The van der Waals surface area contributed by atoms with Crippen LogP contribution in [0, 0.1) is 0 Å². The molecule has 0 spiro atoms. The van der Waals surface area contributed by atoms with Gasteiger partial charge in [-0.25, -0.2) is 0 Å². The zero-order chi connectivity index (χ0) is 14.1. The number of carbonyl (C=O) groups excluding carboxylic acids is 2. The van der Waals surface area contributed by atoms with Gasteiger partial charge in [-0.1, -0.05) is 12.1 Å². The average Bonchev–Trinajstić information content (AvgIpc) is 2.98. The third kappa shape index (κ3) is 2.24. The number of amides is 2. The van der Waals surface area contributed by atoms with Crippen molar-refractivity contribution in [1.82, 2.24) is 4.90 Å². The van der Waals surface area contributed by atoms with Crippen LogP contribution >= 0.6 is 0 Å². The van der Waals surface area contributed by atoms with Crippen molar-refractivity contribution >= 4 is 17.5 Å². The fourth-order valence-corrected chi connectivity index (χ4v) is 2.72. The maximum absolute atomic E-state index is 12.3. The lowest BCUT2D eigenvalue weighted by molar-refractivity contribution is -0.132. The molecule has 1 fully saturated rings. The molecule has 106 valence electrons. The molecule has 1 aromatic carbocycles. The summed E-state index contributed by atoms with van der Waals surface area (Å²) in [5.74, 6) is 0.518. The van der Waals surface area contributed by atoms with Crippen molar-refractivity contribution in [3.05, 3.63) is 24.3 Å². The van der Waals surface area contributed by atoms with Gasteiger partial charge in [-0.3, -0.25) is 14.5 Å². The third-order valence-corrected chi connectivity index (χ3v) is 3.83. The van der Waals surface area contributed by atoms with Crippen molar-refractivity contribution in [2.24, 2.45) is 0 Å². The van der Waals surface area contributed by atoms with Gasteiger partial charge >= 0.3 is 0 Å². The molecule has 0 aliphatic carbocycles. The van der Waals surface area contributed by atoms with Crippen LogP contribution in [0.2, 0.25) is 0 Å². The summed E-state index contributed by atoms with van der Waals surface area (Å²) < 4.78 is 5.57. The number of hydrogen-bond acceptors (Lipinski definition) is 3. The summed E-state index contributed by atoms with van der Waals surface area (Å²) in [6, 6.07) is 7.35. The molecule has 0 aromatic heterocycles. The number of carbonyl (C=O) groups is 2. The zero-order valence-electron chi connectivity index (χ0n) is 11.5. The van der Waals surface area contributed by atoms with E-state index in [9.17, 15) is 9.59 Å². The van der Waals surface area contributed by atoms with E-state index in [4.69, 9.17) is 4.74 Å². The standard InChI is InChI=1S/C15H18N2O3/c1-11-15(19)17(10-14(18)16-8-4-5-9-16)12-6-2-3-7-13(12)20-11/h2-3,6-7,11H,4-5,8-10H2,1H3/t11-/m0/s1. The van der Waals surface area contributed by atoms with E-state index >= 15 is 0 Å². The number of fused-ring (bicyclic) bond motifs is 1. The Bertz CT molecular complexity index is 538. The molecule has 2 heterocycles. The molecule has 3 rings (SSSR count). The predicted molar refractivity (Wildman–Crippen MR) is 74.7 cm³/mol. The highest BCUT2D eigenvalue weighted by Gasteiger charge is 2.33. The molecule has 0 unspecified atom stereocenters. The number of ether oxygens (including phenoxy) is 1. The van der Waals surface area contributed by atoms with Crippen LogP contribution in [0.1, 0.15) is 19.8 Å². The molecule has 0 N–H and O–H groups in total. The van der Waals surface area contributed by atoms with Gasteiger partial charge in [0, 0.05) is 13.1 Å². The fourth-order valence-electron chi connectivity index (χ4n) is 2.72. The van der Waals surface area contributed by atoms with E-state index in [2.05, 4.69) is 0 Å². The highest BCUT2D eigenvalue weighted by atomic mass is 16.5. The molecule has 0 radical (unpaired) electrons. The molecule has 5 nitrogen and oxygen atoms in total. The van der Waals surface area contributed by atoms with E-state index in [0.717, 1.165) is 25.9 Å². The largest absolute Gasteiger partial charge is 0.479 e. The van der Waals surface area contributed by atoms with E-state index < -0.39 is 6.10 Å². The molecule has 5 heteroatoms. The topological polar surface area (TPSA) is 49.9 Å². The predicted octanol–water partition coefficient (Wildman–Crippen LogP) is 1.42. The Morgan fingerprint density at radius 2 is 2.00 bits per heavy atom. The first kappa shape index (κ1) is 13.0. The fraction of sp³-hybridized carbons (Fsp3) is 0.467. The van der Waals surface area contributed by atoms with Crippen molar-refractivity contribution in [2.45, 2.75) is 25.9 Å². The quantitative estimate of drug-likeness (QED) is 0.819. The molecular formula is C15H18N2O3. The molecule has 2 amide bonds. The van der Waals surface area contributed by atoms with E-state index in [1.807, 2.05) is 29.2 Å². The Morgan fingerprint density at radius 1 is 1.30 bits per heavy atom. The lowest BCUT2D eigenvalue weighted by Crippen LogP contribution is -2.49. The summed E-state index contributed by atoms with van der Waals surface area (Å²) in [4.78, 5) is 27.9. The number of likely N-dealkylation sites (tertiary alicyclic amines) is 1. The van der Waals surface area contributed by atoms with E-state index in [0.29, 0.717) is 11.4 Å². The Morgan fingerprint density at radius 3 is 2.75 bits per heavy atom. The van der Waals surface area contributed by atoms with Gasteiger partial charge in [0.1, 0.15) is 12.3 Å². The van der Waals surface area contributed by atoms with Crippen molar-refractivity contribution in [3.8, 4) is 5.75 Å². The van der Waals surface area contributed by atoms with Crippen LogP contribution in [0.25, 0.3) is 0 Å². The minimum Gasteiger partial charge on any atom is -0.479 e. The maximum atomic E-state index is 12.3. The van der Waals surface area contributed by atoms with Gasteiger partial charge < -0.3 is 9.64 Å². The first-order valence-electron chi connectivity index (χ1n) is 7.01. The van der Waals surface area contributed by atoms with Gasteiger partial charge in [0.2, 0.25) is 5.91 Å². The van der Waals surface area contributed by atoms with Crippen LogP contribution in [0.5, 0.6) is 5.75 Å². The van der Waals surface area contributed by atoms with Crippen molar-refractivity contribution in [2.75, 3.05) is 24.5 Å². The van der Waals surface area contributed by atoms with Crippen molar-refractivity contribution < 1.29 is 14.3 Å². The highest BCUT2D eigenvalue weighted by Crippen LogP contribution is 2.33. The summed E-state index contributed by atoms with van der Waals surface area (Å²) in [6.07, 6.45) is 1.56. The van der Waals surface area contributed by atoms with Crippen molar-refractivity contribution in [1.29, 1.82) is 0 Å². The smallest absolute Gasteiger partial charge is 0.268 e. The first-order chi connectivity index (χ1) is 9.66. The molecule has 0 bridgehead atoms. The van der Waals surface area contributed by atoms with Gasteiger partial charge in [-0.05, 0) is 31.9 Å². The second-order valence-corrected chi connectivity index (χ2v) is 5.24. The molecule has 20 heavy (non-hydrogen) atoms. The molecule has 0 saturated carbocycles. The molecule has 2 aliphatic heterocycles. The Labute approximate surface area is 118 Å². The molecule has 2 aliphatic rings. The van der Waals surface area contributed by atoms with Gasteiger partial charge in [0.15, 0.2) is 6.10 Å². The molecule has 1 aromatic rings. The lowest BCUT2D eigenvalue weighted by atomic mass is 10.2. The molecule has 1 atom stereocenters. The summed E-state index contributed by atoms with van der Waals surface area (Å²) in [6.45, 7) is 3.41.